The lowest BCUT2D eigenvalue weighted by Gasteiger charge is -2.22. The summed E-state index contributed by atoms with van der Waals surface area (Å²) in [6, 6.07) is 11.6. The fourth-order valence-corrected chi connectivity index (χ4v) is 3.65. The summed E-state index contributed by atoms with van der Waals surface area (Å²) in [6.07, 6.45) is 2.83. The molecule has 4 rings (SSSR count). The molecule has 2 aromatic carbocycles. The third-order valence-electron chi connectivity index (χ3n) is 5.21. The molecule has 33 heavy (non-hydrogen) atoms. The molecule has 0 aliphatic heterocycles. The number of rotatable bonds is 7. The summed E-state index contributed by atoms with van der Waals surface area (Å²) in [5.41, 5.74) is 1.94. The highest BCUT2D eigenvalue weighted by atomic mass is 19.2. The van der Waals surface area contributed by atoms with Crippen LogP contribution in [0.2, 0.25) is 0 Å². The number of nitrogens with one attached hydrogen (secondary N) is 2. The van der Waals surface area contributed by atoms with Crippen LogP contribution in [0.25, 0.3) is 11.0 Å². The number of anilines is 1. The van der Waals surface area contributed by atoms with Crippen molar-refractivity contribution in [2.24, 2.45) is 5.92 Å². The zero-order valence-corrected chi connectivity index (χ0v) is 18.0. The summed E-state index contributed by atoms with van der Waals surface area (Å²) < 4.78 is 34.0. The number of halogens is 2. The molecule has 0 fully saturated rings. The van der Waals surface area contributed by atoms with Gasteiger partial charge in [0, 0.05) is 24.4 Å². The molecule has 9 heteroatoms. The van der Waals surface area contributed by atoms with Crippen molar-refractivity contribution in [3.8, 4) is 0 Å². The first-order valence-corrected chi connectivity index (χ1v) is 10.4. The van der Waals surface area contributed by atoms with Crippen LogP contribution >= 0.6 is 0 Å². The Morgan fingerprint density at radius 3 is 2.61 bits per heavy atom. The predicted molar refractivity (Wildman–Crippen MR) is 118 cm³/mol. The van der Waals surface area contributed by atoms with E-state index < -0.39 is 17.7 Å². The molecular weight excluding hydrogens is 430 g/mol. The minimum absolute atomic E-state index is 0.144. The van der Waals surface area contributed by atoms with Gasteiger partial charge in [-0.15, -0.1) is 0 Å². The Kier molecular flexibility index (Phi) is 6.21. The molecule has 170 valence electrons. The maximum Gasteiger partial charge on any atom is 0.291 e. The van der Waals surface area contributed by atoms with Gasteiger partial charge in [-0.25, -0.2) is 13.8 Å². The fraction of sp³-hybridized carbons (Fsp3) is 0.208. The number of fused-ring (bicyclic) bond motifs is 1. The van der Waals surface area contributed by atoms with Crippen LogP contribution in [0.4, 0.5) is 14.5 Å². The van der Waals surface area contributed by atoms with Gasteiger partial charge in [-0.1, -0.05) is 26.0 Å². The van der Waals surface area contributed by atoms with Crippen LogP contribution < -0.4 is 10.6 Å². The first-order chi connectivity index (χ1) is 15.8. The van der Waals surface area contributed by atoms with E-state index in [0.29, 0.717) is 11.2 Å². The van der Waals surface area contributed by atoms with Crippen LogP contribution in [0.3, 0.4) is 0 Å². The number of amides is 2. The largest absolute Gasteiger partial charge is 0.459 e. The number of imidazole rings is 1. The van der Waals surface area contributed by atoms with E-state index in [1.807, 2.05) is 19.9 Å². The Balaban J connectivity index is 1.48. The smallest absolute Gasteiger partial charge is 0.291 e. The number of hydrogen-bond donors (Lipinski definition) is 2. The predicted octanol–water partition coefficient (Wildman–Crippen LogP) is 4.67. The van der Waals surface area contributed by atoms with Gasteiger partial charge in [0.15, 0.2) is 17.4 Å². The molecule has 0 aliphatic rings. The fourth-order valence-electron chi connectivity index (χ4n) is 3.65. The topological polar surface area (TPSA) is 89.2 Å². The van der Waals surface area contributed by atoms with E-state index in [-0.39, 0.29) is 35.6 Å². The zero-order valence-electron chi connectivity index (χ0n) is 18.0. The average Bonchev–Trinajstić information content (AvgIpc) is 3.44. The van der Waals surface area contributed by atoms with Gasteiger partial charge in [-0.3, -0.25) is 9.59 Å². The van der Waals surface area contributed by atoms with Crippen molar-refractivity contribution in [3.63, 3.8) is 0 Å². The second kappa shape index (κ2) is 9.23. The number of carbonyl (C=O) groups excluding carboxylic acids is 2. The first-order valence-electron chi connectivity index (χ1n) is 10.4. The Hall–Kier alpha value is -4.01. The summed E-state index contributed by atoms with van der Waals surface area (Å²) in [7, 11) is 0. The number of carbonyl (C=O) groups is 2. The molecule has 0 radical (unpaired) electrons. The molecule has 2 N–H and O–H groups in total. The second-order valence-corrected chi connectivity index (χ2v) is 7.95. The maximum absolute atomic E-state index is 13.8. The third-order valence-corrected chi connectivity index (χ3v) is 5.21. The molecule has 7 nitrogen and oxygen atoms in total. The van der Waals surface area contributed by atoms with Crippen molar-refractivity contribution in [2.75, 3.05) is 5.32 Å². The number of hydrogen-bond acceptors (Lipinski definition) is 4. The van der Waals surface area contributed by atoms with Gasteiger partial charge in [-0.05, 0) is 35.7 Å². The summed E-state index contributed by atoms with van der Waals surface area (Å²) in [4.78, 5) is 29.3. The molecule has 0 saturated heterocycles. The zero-order chi connectivity index (χ0) is 23.5. The number of benzene rings is 2. The summed E-state index contributed by atoms with van der Waals surface area (Å²) >= 11 is 0. The molecular formula is C24H22F2N4O3. The third kappa shape index (κ3) is 4.77. The van der Waals surface area contributed by atoms with Gasteiger partial charge >= 0.3 is 0 Å². The minimum atomic E-state index is -0.999. The monoisotopic (exact) mass is 452 g/mol. The Labute approximate surface area is 188 Å². The minimum Gasteiger partial charge on any atom is -0.459 e. The van der Waals surface area contributed by atoms with Crippen molar-refractivity contribution < 1.29 is 22.8 Å². The van der Waals surface area contributed by atoms with Gasteiger partial charge in [0.2, 0.25) is 5.91 Å². The van der Waals surface area contributed by atoms with Crippen molar-refractivity contribution in [1.29, 1.82) is 0 Å². The maximum atomic E-state index is 13.8. The average molecular weight is 452 g/mol. The van der Waals surface area contributed by atoms with E-state index in [1.165, 1.54) is 12.6 Å². The first kappa shape index (κ1) is 22.2. The van der Waals surface area contributed by atoms with Crippen LogP contribution in [-0.2, 0) is 11.3 Å². The number of aromatic nitrogens is 2. The van der Waals surface area contributed by atoms with E-state index in [0.717, 1.165) is 17.7 Å². The lowest BCUT2D eigenvalue weighted by molar-refractivity contribution is -0.125. The molecule has 0 spiro atoms. The van der Waals surface area contributed by atoms with Gasteiger partial charge in [0.1, 0.15) is 6.04 Å². The highest BCUT2D eigenvalue weighted by molar-refractivity contribution is 6.02. The quantitative estimate of drug-likeness (QED) is 0.426. The SMILES string of the molecule is CC(C)C(C(=O)NCc1cccc(NC(=O)c2ccco2)c1)n1cnc2cc(F)c(F)cc21. The molecule has 4 aromatic rings. The van der Waals surface area contributed by atoms with E-state index in [1.54, 1.807) is 34.9 Å². The summed E-state index contributed by atoms with van der Waals surface area (Å²) in [5, 5.41) is 5.62. The van der Waals surface area contributed by atoms with Crippen molar-refractivity contribution in [3.05, 3.63) is 84.1 Å². The van der Waals surface area contributed by atoms with E-state index in [4.69, 9.17) is 4.42 Å². The van der Waals surface area contributed by atoms with Crippen LogP contribution in [0.5, 0.6) is 0 Å². The van der Waals surface area contributed by atoms with Crippen molar-refractivity contribution in [2.45, 2.75) is 26.4 Å². The van der Waals surface area contributed by atoms with Crippen molar-refractivity contribution in [1.82, 2.24) is 14.9 Å². The summed E-state index contributed by atoms with van der Waals surface area (Å²) in [5.74, 6) is -2.61. The lowest BCUT2D eigenvalue weighted by Crippen LogP contribution is -2.35. The molecule has 1 atom stereocenters. The molecule has 0 aliphatic carbocycles. The normalized spacial score (nSPS) is 12.2. The molecule has 0 saturated carbocycles. The number of furan rings is 1. The highest BCUT2D eigenvalue weighted by Crippen LogP contribution is 2.26. The van der Waals surface area contributed by atoms with Gasteiger partial charge in [0.25, 0.3) is 5.91 Å². The number of nitrogens with zero attached hydrogens (tertiary/aromatic N) is 2. The van der Waals surface area contributed by atoms with Crippen molar-refractivity contribution >= 4 is 28.5 Å². The van der Waals surface area contributed by atoms with Crippen LogP contribution in [0.1, 0.15) is 36.0 Å². The molecule has 1 unspecified atom stereocenters. The summed E-state index contributed by atoms with van der Waals surface area (Å²) in [6.45, 7) is 3.93. The molecule has 2 amide bonds. The van der Waals surface area contributed by atoms with E-state index in [9.17, 15) is 18.4 Å². The lowest BCUT2D eigenvalue weighted by atomic mass is 10.0. The van der Waals surface area contributed by atoms with Crippen LogP contribution in [-0.4, -0.2) is 21.4 Å². The Morgan fingerprint density at radius 1 is 1.09 bits per heavy atom. The van der Waals surface area contributed by atoms with Crippen LogP contribution in [0, 0.1) is 17.6 Å². The van der Waals surface area contributed by atoms with Crippen LogP contribution in [0.15, 0.2) is 65.5 Å². The standard InChI is InChI=1S/C24H22F2N4O3/c1-14(2)22(30-13-28-19-10-17(25)18(26)11-20(19)30)24(32)27-12-15-5-3-6-16(9-15)29-23(31)21-7-4-8-33-21/h3-11,13-14,22H,12H2,1-2H3,(H,27,32)(H,29,31). The Bertz CT molecular complexity index is 1300. The van der Waals surface area contributed by atoms with Gasteiger partial charge in [0.05, 0.1) is 23.6 Å². The van der Waals surface area contributed by atoms with Gasteiger partial charge in [-0.2, -0.15) is 0 Å². The van der Waals surface area contributed by atoms with Gasteiger partial charge < -0.3 is 19.6 Å². The Morgan fingerprint density at radius 2 is 1.88 bits per heavy atom. The van der Waals surface area contributed by atoms with E-state index in [2.05, 4.69) is 15.6 Å². The molecule has 0 bridgehead atoms. The second-order valence-electron chi connectivity index (χ2n) is 7.95. The molecule has 2 heterocycles. The molecule has 2 aromatic heterocycles. The highest BCUT2D eigenvalue weighted by Gasteiger charge is 2.26. The van der Waals surface area contributed by atoms with E-state index >= 15 is 0 Å².